The quantitative estimate of drug-likeness (QED) is 0.469. The molecule has 0 spiro atoms. The molecule has 0 heterocycles. The molecular formula is C23H24O8. The molecule has 8 nitrogen and oxygen atoms in total. The third-order valence-electron chi connectivity index (χ3n) is 3.71. The number of aromatic carboxylic acids is 4. The van der Waals surface area contributed by atoms with E-state index in [-0.39, 0.29) is 22.3 Å². The lowest BCUT2D eigenvalue weighted by Crippen LogP contribution is -2.06. The van der Waals surface area contributed by atoms with Gasteiger partial charge in [0.25, 0.3) is 0 Å². The van der Waals surface area contributed by atoms with Crippen molar-refractivity contribution in [3.63, 3.8) is 0 Å². The van der Waals surface area contributed by atoms with Crippen LogP contribution in [0, 0.1) is 5.92 Å². The fourth-order valence-corrected chi connectivity index (χ4v) is 1.97. The van der Waals surface area contributed by atoms with Crippen molar-refractivity contribution in [3.8, 4) is 0 Å². The Morgan fingerprint density at radius 1 is 0.742 bits per heavy atom. The summed E-state index contributed by atoms with van der Waals surface area (Å²) in [6.07, 6.45) is 4.89. The van der Waals surface area contributed by atoms with Crippen LogP contribution in [0.4, 0.5) is 0 Å². The fraction of sp³-hybridized carbons (Fsp3) is 0.130. The van der Waals surface area contributed by atoms with Crippen molar-refractivity contribution < 1.29 is 39.6 Å². The second-order valence-electron chi connectivity index (χ2n) is 6.08. The van der Waals surface area contributed by atoms with Gasteiger partial charge in [-0.1, -0.05) is 31.2 Å². The first kappa shape index (κ1) is 26.8. The normalized spacial score (nSPS) is 10.1. The molecule has 2 rings (SSSR count). The van der Waals surface area contributed by atoms with Gasteiger partial charge >= 0.3 is 23.9 Å². The Labute approximate surface area is 179 Å². The Kier molecular flexibility index (Phi) is 12.0. The molecule has 31 heavy (non-hydrogen) atoms. The molecule has 0 fully saturated rings. The van der Waals surface area contributed by atoms with Crippen LogP contribution in [0.25, 0.3) is 0 Å². The van der Waals surface area contributed by atoms with Gasteiger partial charge in [0.15, 0.2) is 0 Å². The van der Waals surface area contributed by atoms with Gasteiger partial charge in [0, 0.05) is 0 Å². The fourth-order valence-electron chi connectivity index (χ4n) is 1.97. The van der Waals surface area contributed by atoms with E-state index in [0.29, 0.717) is 5.92 Å². The van der Waals surface area contributed by atoms with E-state index in [9.17, 15) is 19.2 Å². The Morgan fingerprint density at radius 3 is 1.29 bits per heavy atom. The summed E-state index contributed by atoms with van der Waals surface area (Å²) >= 11 is 0. The van der Waals surface area contributed by atoms with Crippen LogP contribution in [0.3, 0.4) is 0 Å². The first-order valence-electron chi connectivity index (χ1n) is 8.90. The number of rotatable bonds is 7. The van der Waals surface area contributed by atoms with Crippen molar-refractivity contribution in [3.05, 3.63) is 96.1 Å². The van der Waals surface area contributed by atoms with Crippen molar-refractivity contribution in [2.24, 2.45) is 5.92 Å². The molecule has 0 aliphatic heterocycles. The molecule has 2 aromatic carbocycles. The molecule has 8 heteroatoms. The molecule has 0 aromatic heterocycles. The Bertz CT molecular complexity index is 863. The van der Waals surface area contributed by atoms with Crippen molar-refractivity contribution in [1.82, 2.24) is 0 Å². The molecule has 0 aliphatic rings. The van der Waals surface area contributed by atoms with Gasteiger partial charge in [-0.25, -0.2) is 19.2 Å². The van der Waals surface area contributed by atoms with E-state index in [0.717, 1.165) is 6.42 Å². The summed E-state index contributed by atoms with van der Waals surface area (Å²) in [4.78, 5) is 41.6. The summed E-state index contributed by atoms with van der Waals surface area (Å²) < 4.78 is 0. The monoisotopic (exact) mass is 428 g/mol. The molecule has 0 radical (unpaired) electrons. The average molecular weight is 428 g/mol. The van der Waals surface area contributed by atoms with Crippen LogP contribution in [-0.2, 0) is 0 Å². The van der Waals surface area contributed by atoms with E-state index in [1.807, 2.05) is 12.2 Å². The Balaban J connectivity index is 0.000000454. The molecule has 1 atom stereocenters. The highest BCUT2D eigenvalue weighted by Gasteiger charge is 2.13. The van der Waals surface area contributed by atoms with Crippen LogP contribution in [-0.4, -0.2) is 44.3 Å². The standard InChI is InChI=1S/2C8H6O4.C7H12/c9-7(10)5-1-2-6(4-3-5)8(11)12;9-7(10)5-3-1-2-4-6(5)8(11)12;1-4-6-7(3)5-2/h2*1-4H,(H,9,10)(H,11,12);4-5,7H,1-2,6H2,3H3. The topological polar surface area (TPSA) is 149 Å². The Hall–Kier alpha value is -4.20. The van der Waals surface area contributed by atoms with E-state index >= 15 is 0 Å². The molecule has 0 bridgehead atoms. The van der Waals surface area contributed by atoms with Gasteiger partial charge in [-0.2, -0.15) is 0 Å². The van der Waals surface area contributed by atoms with Gasteiger partial charge in [-0.3, -0.25) is 0 Å². The van der Waals surface area contributed by atoms with Crippen LogP contribution >= 0.6 is 0 Å². The molecule has 4 N–H and O–H groups in total. The smallest absolute Gasteiger partial charge is 0.336 e. The predicted molar refractivity (Wildman–Crippen MR) is 115 cm³/mol. The summed E-state index contributed by atoms with van der Waals surface area (Å²) in [6, 6.07) is 10.5. The maximum absolute atomic E-state index is 10.5. The summed E-state index contributed by atoms with van der Waals surface area (Å²) in [6.45, 7) is 9.35. The molecule has 0 saturated heterocycles. The lowest BCUT2D eigenvalue weighted by molar-refractivity contribution is 0.0651. The Morgan fingerprint density at radius 2 is 1.10 bits per heavy atom. The van der Waals surface area contributed by atoms with Crippen LogP contribution in [0.1, 0.15) is 54.8 Å². The van der Waals surface area contributed by atoms with Crippen molar-refractivity contribution in [1.29, 1.82) is 0 Å². The van der Waals surface area contributed by atoms with Crippen molar-refractivity contribution in [2.75, 3.05) is 0 Å². The number of benzene rings is 2. The van der Waals surface area contributed by atoms with E-state index in [4.69, 9.17) is 20.4 Å². The SMILES string of the molecule is C=CCC(C)C=C.O=C(O)c1ccc(C(=O)O)cc1.O=C(O)c1ccccc1C(=O)O. The first-order valence-corrected chi connectivity index (χ1v) is 8.90. The first-order chi connectivity index (χ1) is 14.5. The maximum Gasteiger partial charge on any atom is 0.336 e. The summed E-state index contributed by atoms with van der Waals surface area (Å²) in [5.74, 6) is -3.99. The number of carboxylic acids is 4. The van der Waals surface area contributed by atoms with Gasteiger partial charge in [0.05, 0.1) is 22.3 Å². The van der Waals surface area contributed by atoms with Gasteiger partial charge < -0.3 is 20.4 Å². The molecular weight excluding hydrogens is 404 g/mol. The van der Waals surface area contributed by atoms with Crippen molar-refractivity contribution in [2.45, 2.75) is 13.3 Å². The van der Waals surface area contributed by atoms with Crippen molar-refractivity contribution >= 4 is 23.9 Å². The van der Waals surface area contributed by atoms with Crippen LogP contribution in [0.5, 0.6) is 0 Å². The van der Waals surface area contributed by atoms with E-state index in [2.05, 4.69) is 20.1 Å². The minimum absolute atomic E-state index is 0.0833. The number of hydrogen-bond donors (Lipinski definition) is 4. The lowest BCUT2D eigenvalue weighted by atomic mass is 10.1. The zero-order chi connectivity index (χ0) is 24.0. The molecule has 0 saturated carbocycles. The third kappa shape index (κ3) is 10.2. The highest BCUT2D eigenvalue weighted by Crippen LogP contribution is 2.08. The number of carboxylic acid groups (broad SMARTS) is 4. The zero-order valence-electron chi connectivity index (χ0n) is 16.9. The van der Waals surface area contributed by atoms with E-state index < -0.39 is 23.9 Å². The number of carbonyl (C=O) groups is 4. The summed E-state index contributed by atoms with van der Waals surface area (Å²) in [5.41, 5.74) is -0.213. The van der Waals surface area contributed by atoms with Gasteiger partial charge in [0.2, 0.25) is 0 Å². The maximum atomic E-state index is 10.5. The third-order valence-corrected chi connectivity index (χ3v) is 3.71. The largest absolute Gasteiger partial charge is 0.478 e. The summed E-state index contributed by atoms with van der Waals surface area (Å²) in [7, 11) is 0. The minimum atomic E-state index is -1.23. The predicted octanol–water partition coefficient (Wildman–Crippen LogP) is 4.55. The lowest BCUT2D eigenvalue weighted by Gasteiger charge is -1.98. The molecule has 0 aliphatic carbocycles. The van der Waals surface area contributed by atoms with Crippen LogP contribution in [0.2, 0.25) is 0 Å². The molecule has 2 aromatic rings. The van der Waals surface area contributed by atoms with Gasteiger partial charge in [0.1, 0.15) is 0 Å². The minimum Gasteiger partial charge on any atom is -0.478 e. The van der Waals surface area contributed by atoms with Gasteiger partial charge in [-0.15, -0.1) is 13.2 Å². The molecule has 0 amide bonds. The number of allylic oxidation sites excluding steroid dienone is 2. The van der Waals surface area contributed by atoms with Crippen LogP contribution in [0.15, 0.2) is 73.8 Å². The second kappa shape index (κ2) is 13.9. The summed E-state index contributed by atoms with van der Waals surface area (Å²) in [5, 5.41) is 34.0. The molecule has 1 unspecified atom stereocenters. The second-order valence-corrected chi connectivity index (χ2v) is 6.08. The van der Waals surface area contributed by atoms with Crippen LogP contribution < -0.4 is 0 Å². The highest BCUT2D eigenvalue weighted by molar-refractivity contribution is 6.01. The van der Waals surface area contributed by atoms with Gasteiger partial charge in [-0.05, 0) is 48.7 Å². The molecule has 164 valence electrons. The van der Waals surface area contributed by atoms with E-state index in [1.54, 1.807) is 0 Å². The van der Waals surface area contributed by atoms with E-state index in [1.165, 1.54) is 48.5 Å². The average Bonchev–Trinajstić information content (AvgIpc) is 2.74. The highest BCUT2D eigenvalue weighted by atomic mass is 16.4. The number of hydrogen-bond acceptors (Lipinski definition) is 4. The zero-order valence-corrected chi connectivity index (χ0v) is 16.9.